The first-order valence-corrected chi connectivity index (χ1v) is 11.5. The fraction of sp³-hybridized carbons (Fsp3) is 0.522. The van der Waals surface area contributed by atoms with E-state index in [1.807, 2.05) is 18.2 Å². The Kier molecular flexibility index (Phi) is 7.37. The predicted molar refractivity (Wildman–Crippen MR) is 123 cm³/mol. The second-order valence-corrected chi connectivity index (χ2v) is 8.91. The summed E-state index contributed by atoms with van der Waals surface area (Å²) in [5.41, 5.74) is 7.50. The average molecular weight is 444 g/mol. The summed E-state index contributed by atoms with van der Waals surface area (Å²) in [5, 5.41) is 6.86. The van der Waals surface area contributed by atoms with Gasteiger partial charge in [-0.2, -0.15) is 0 Å². The number of halogens is 1. The number of nitrogens with zero attached hydrogens (tertiary/aromatic N) is 2. The van der Waals surface area contributed by atoms with Crippen molar-refractivity contribution < 1.29 is 9.53 Å². The van der Waals surface area contributed by atoms with Crippen molar-refractivity contribution in [2.75, 3.05) is 30.4 Å². The second-order valence-electron chi connectivity index (χ2n) is 8.51. The zero-order chi connectivity index (χ0) is 21.6. The minimum Gasteiger partial charge on any atom is -0.381 e. The summed E-state index contributed by atoms with van der Waals surface area (Å²) >= 11 is 6.42. The molecule has 0 aromatic carbocycles. The first-order valence-electron chi connectivity index (χ1n) is 11.1. The first-order chi connectivity index (χ1) is 15.1. The molecule has 0 radical (unpaired) electrons. The fourth-order valence-corrected chi connectivity index (χ4v) is 4.48. The molecule has 2 atom stereocenters. The number of ether oxygens (including phenoxy) is 1. The normalized spacial score (nSPS) is 22.1. The Hall–Kier alpha value is -2.22. The number of rotatable bonds is 6. The Morgan fingerprint density at radius 1 is 1.19 bits per heavy atom. The van der Waals surface area contributed by atoms with Crippen LogP contribution in [-0.4, -0.2) is 41.7 Å². The van der Waals surface area contributed by atoms with Crippen molar-refractivity contribution in [3.8, 4) is 11.3 Å². The number of nitrogens with two attached hydrogens (primary N) is 1. The van der Waals surface area contributed by atoms with Gasteiger partial charge in [-0.1, -0.05) is 24.1 Å². The quantitative estimate of drug-likeness (QED) is 0.621. The van der Waals surface area contributed by atoms with E-state index in [0.717, 1.165) is 68.9 Å². The van der Waals surface area contributed by atoms with Crippen LogP contribution in [0.3, 0.4) is 0 Å². The lowest BCUT2D eigenvalue weighted by Crippen LogP contribution is -2.34. The van der Waals surface area contributed by atoms with Gasteiger partial charge in [0.1, 0.15) is 11.6 Å². The maximum absolute atomic E-state index is 12.7. The molecular weight excluding hydrogens is 414 g/mol. The van der Waals surface area contributed by atoms with E-state index in [1.54, 1.807) is 12.3 Å². The standard InChI is InChI=1S/C23H30ClN5O2/c24-19-14-27-22(29-23(30)16-3-1-4-17(25)11-16)12-18(19)20-5-2-6-21(28-20)26-13-15-7-9-31-10-8-15/h2,5-6,12,14-17H,1,3-4,7-11,13,25H2,(H,26,28)(H,27,29,30)/t16-,17+/m0/s1. The molecule has 3 heterocycles. The molecule has 0 unspecified atom stereocenters. The lowest BCUT2D eigenvalue weighted by molar-refractivity contribution is -0.120. The van der Waals surface area contributed by atoms with E-state index in [0.29, 0.717) is 23.2 Å². The van der Waals surface area contributed by atoms with Crippen LogP contribution in [0.5, 0.6) is 0 Å². The number of hydrogen-bond donors (Lipinski definition) is 3. The number of carbonyl (C=O) groups is 1. The summed E-state index contributed by atoms with van der Waals surface area (Å²) < 4.78 is 5.42. The van der Waals surface area contributed by atoms with Crippen LogP contribution >= 0.6 is 11.6 Å². The first kappa shape index (κ1) is 22.0. The zero-order valence-electron chi connectivity index (χ0n) is 17.6. The summed E-state index contributed by atoms with van der Waals surface area (Å²) in [4.78, 5) is 21.7. The molecule has 0 spiro atoms. The van der Waals surface area contributed by atoms with Gasteiger partial charge in [-0.25, -0.2) is 9.97 Å². The van der Waals surface area contributed by atoms with Crippen LogP contribution in [0.2, 0.25) is 5.02 Å². The summed E-state index contributed by atoms with van der Waals surface area (Å²) in [7, 11) is 0. The molecular formula is C23H30ClN5O2. The average Bonchev–Trinajstić information content (AvgIpc) is 2.80. The van der Waals surface area contributed by atoms with E-state index < -0.39 is 0 Å². The molecule has 2 aromatic rings. The lowest BCUT2D eigenvalue weighted by atomic mass is 9.85. The van der Waals surface area contributed by atoms with Crippen molar-refractivity contribution in [2.24, 2.45) is 17.6 Å². The third kappa shape index (κ3) is 5.93. The minimum absolute atomic E-state index is 0.0317. The van der Waals surface area contributed by atoms with Gasteiger partial charge in [-0.15, -0.1) is 0 Å². The van der Waals surface area contributed by atoms with Crippen LogP contribution < -0.4 is 16.4 Å². The van der Waals surface area contributed by atoms with Gasteiger partial charge in [0.05, 0.1) is 10.7 Å². The van der Waals surface area contributed by atoms with E-state index in [9.17, 15) is 4.79 Å². The number of pyridine rings is 2. The number of amides is 1. The molecule has 0 bridgehead atoms. The molecule has 7 nitrogen and oxygen atoms in total. The van der Waals surface area contributed by atoms with Crippen LogP contribution in [0.25, 0.3) is 11.3 Å². The number of nitrogens with one attached hydrogen (secondary N) is 2. The van der Waals surface area contributed by atoms with Crippen molar-refractivity contribution >= 4 is 29.1 Å². The number of anilines is 2. The maximum Gasteiger partial charge on any atom is 0.228 e. The number of aromatic nitrogens is 2. The van der Waals surface area contributed by atoms with Gasteiger partial charge >= 0.3 is 0 Å². The maximum atomic E-state index is 12.7. The smallest absolute Gasteiger partial charge is 0.228 e. The third-order valence-corrected chi connectivity index (χ3v) is 6.43. The molecule has 2 fully saturated rings. The highest BCUT2D eigenvalue weighted by atomic mass is 35.5. The Morgan fingerprint density at radius 3 is 2.84 bits per heavy atom. The van der Waals surface area contributed by atoms with Gasteiger partial charge in [0, 0.05) is 43.5 Å². The van der Waals surface area contributed by atoms with Gasteiger partial charge in [-0.05, 0) is 56.2 Å². The molecule has 166 valence electrons. The SMILES string of the molecule is N[C@@H]1CCC[C@H](C(=O)Nc2cc(-c3cccc(NCC4CCOCC4)n3)c(Cl)cn2)C1. The molecule has 1 saturated heterocycles. The van der Waals surface area contributed by atoms with Crippen molar-refractivity contribution in [2.45, 2.75) is 44.6 Å². The molecule has 2 aromatic heterocycles. The van der Waals surface area contributed by atoms with Crippen molar-refractivity contribution in [1.82, 2.24) is 9.97 Å². The molecule has 1 saturated carbocycles. The highest BCUT2D eigenvalue weighted by molar-refractivity contribution is 6.33. The van der Waals surface area contributed by atoms with E-state index >= 15 is 0 Å². The van der Waals surface area contributed by atoms with Gasteiger partial charge < -0.3 is 21.1 Å². The molecule has 2 aliphatic rings. The topological polar surface area (TPSA) is 102 Å². The van der Waals surface area contributed by atoms with E-state index in [4.69, 9.17) is 27.1 Å². The Labute approximate surface area is 188 Å². The number of hydrogen-bond acceptors (Lipinski definition) is 6. The monoisotopic (exact) mass is 443 g/mol. The molecule has 1 aliphatic carbocycles. The highest BCUT2D eigenvalue weighted by Gasteiger charge is 2.25. The van der Waals surface area contributed by atoms with E-state index in [2.05, 4.69) is 15.6 Å². The lowest BCUT2D eigenvalue weighted by Gasteiger charge is -2.25. The summed E-state index contributed by atoms with van der Waals surface area (Å²) in [5.74, 6) is 1.78. The highest BCUT2D eigenvalue weighted by Crippen LogP contribution is 2.30. The zero-order valence-corrected chi connectivity index (χ0v) is 18.4. The minimum atomic E-state index is -0.0690. The Morgan fingerprint density at radius 2 is 2.03 bits per heavy atom. The summed E-state index contributed by atoms with van der Waals surface area (Å²) in [6, 6.07) is 7.69. The van der Waals surface area contributed by atoms with Crippen LogP contribution in [0, 0.1) is 11.8 Å². The predicted octanol–water partition coefficient (Wildman–Crippen LogP) is 4.09. The van der Waals surface area contributed by atoms with Crippen molar-refractivity contribution in [3.63, 3.8) is 0 Å². The van der Waals surface area contributed by atoms with Crippen LogP contribution in [-0.2, 0) is 9.53 Å². The second kappa shape index (κ2) is 10.4. The fourth-order valence-electron chi connectivity index (χ4n) is 4.28. The van der Waals surface area contributed by atoms with E-state index in [1.165, 1.54) is 0 Å². The van der Waals surface area contributed by atoms with Gasteiger partial charge in [0.2, 0.25) is 5.91 Å². The van der Waals surface area contributed by atoms with Gasteiger partial charge in [0.15, 0.2) is 0 Å². The van der Waals surface area contributed by atoms with Crippen molar-refractivity contribution in [1.29, 1.82) is 0 Å². The molecule has 1 amide bonds. The van der Waals surface area contributed by atoms with Crippen LogP contribution in [0.15, 0.2) is 30.5 Å². The molecule has 4 rings (SSSR count). The van der Waals surface area contributed by atoms with E-state index in [-0.39, 0.29) is 17.9 Å². The van der Waals surface area contributed by atoms with Crippen LogP contribution in [0.4, 0.5) is 11.6 Å². The molecule has 4 N–H and O–H groups in total. The Bertz CT molecular complexity index is 903. The summed E-state index contributed by atoms with van der Waals surface area (Å²) in [6.07, 6.45) is 7.24. The van der Waals surface area contributed by atoms with Gasteiger partial charge in [-0.3, -0.25) is 4.79 Å². The van der Waals surface area contributed by atoms with Crippen molar-refractivity contribution in [3.05, 3.63) is 35.5 Å². The summed E-state index contributed by atoms with van der Waals surface area (Å²) in [6.45, 7) is 2.52. The Balaban J connectivity index is 1.44. The molecule has 1 aliphatic heterocycles. The molecule has 31 heavy (non-hydrogen) atoms. The number of carbonyl (C=O) groups excluding carboxylic acids is 1. The van der Waals surface area contributed by atoms with Crippen LogP contribution in [0.1, 0.15) is 38.5 Å². The van der Waals surface area contributed by atoms with Gasteiger partial charge in [0.25, 0.3) is 0 Å². The third-order valence-electron chi connectivity index (χ3n) is 6.13. The largest absolute Gasteiger partial charge is 0.381 e. The molecule has 8 heteroatoms.